The van der Waals surface area contributed by atoms with Crippen LogP contribution in [0.4, 0.5) is 0 Å². The maximum absolute atomic E-state index is 12.6. The summed E-state index contributed by atoms with van der Waals surface area (Å²) >= 11 is 0. The summed E-state index contributed by atoms with van der Waals surface area (Å²) in [5.74, 6) is 0.232. The van der Waals surface area contributed by atoms with Gasteiger partial charge in [0, 0.05) is 36.7 Å². The maximum Gasteiger partial charge on any atom is 0.330 e. The predicted octanol–water partition coefficient (Wildman–Crippen LogP) is 7.54. The molecule has 0 amide bonds. The predicted molar refractivity (Wildman–Crippen MR) is 163 cm³/mol. The third-order valence-electron chi connectivity index (χ3n) is 5.87. The second kappa shape index (κ2) is 16.9. The normalized spacial score (nSPS) is 12.0. The molecule has 0 N–H and O–H groups in total. The van der Waals surface area contributed by atoms with E-state index in [0.717, 1.165) is 22.5 Å². The number of hydrogen-bond acceptors (Lipinski definition) is 5. The van der Waals surface area contributed by atoms with Gasteiger partial charge in [-0.15, -0.1) is 0 Å². The number of rotatable bonds is 9. The number of ketones is 1. The lowest BCUT2D eigenvalue weighted by atomic mass is 10.1. The van der Waals surface area contributed by atoms with E-state index in [2.05, 4.69) is 17.4 Å². The Morgan fingerprint density at radius 1 is 1.00 bits per heavy atom. The van der Waals surface area contributed by atoms with Crippen molar-refractivity contribution in [2.24, 2.45) is 0 Å². The van der Waals surface area contributed by atoms with Crippen LogP contribution in [0.2, 0.25) is 0 Å². The highest BCUT2D eigenvalue weighted by molar-refractivity contribution is 5.97. The molecule has 3 aromatic heterocycles. The van der Waals surface area contributed by atoms with E-state index in [4.69, 9.17) is 9.72 Å². The van der Waals surface area contributed by atoms with Gasteiger partial charge in [0.1, 0.15) is 5.65 Å². The molecule has 214 valence electrons. The van der Waals surface area contributed by atoms with Crippen LogP contribution in [0.3, 0.4) is 0 Å². The topological polar surface area (TPSA) is 78.5 Å². The van der Waals surface area contributed by atoms with Crippen LogP contribution < -0.4 is 0 Å². The first-order chi connectivity index (χ1) is 19.6. The third-order valence-corrected chi connectivity index (χ3v) is 5.87. The average Bonchev–Trinajstić information content (AvgIpc) is 3.61. The zero-order valence-corrected chi connectivity index (χ0v) is 25.1. The Bertz CT molecular complexity index is 1370. The van der Waals surface area contributed by atoms with Crippen molar-refractivity contribution in [3.63, 3.8) is 0 Å². The molecule has 0 spiro atoms. The van der Waals surface area contributed by atoms with E-state index in [0.29, 0.717) is 31.1 Å². The van der Waals surface area contributed by atoms with Gasteiger partial charge in [0.25, 0.3) is 0 Å². The number of nitrogens with zero attached hydrogens (tertiary/aromatic N) is 4. The monoisotopic (exact) mass is 544 g/mol. The molecule has 1 saturated carbocycles. The number of aromatic nitrogens is 4. The second-order valence-corrected chi connectivity index (χ2v) is 8.56. The van der Waals surface area contributed by atoms with E-state index < -0.39 is 0 Å². The molecular weight excluding hydrogens is 500 g/mol. The largest absolute Gasteiger partial charge is 0.463 e. The molecule has 5 rings (SSSR count). The molecule has 1 aromatic carbocycles. The summed E-state index contributed by atoms with van der Waals surface area (Å²) in [6.45, 7) is 14.6. The summed E-state index contributed by atoms with van der Waals surface area (Å²) in [6.07, 6.45) is 13.4. The van der Waals surface area contributed by atoms with Crippen molar-refractivity contribution in [3.05, 3.63) is 95.2 Å². The van der Waals surface area contributed by atoms with Crippen LogP contribution in [0.25, 0.3) is 11.7 Å². The molecule has 0 saturated heterocycles. The van der Waals surface area contributed by atoms with Crippen molar-refractivity contribution in [2.75, 3.05) is 6.61 Å². The molecular formula is C33H44N4O3. The number of Topliss-reactive ketones (excluding diaryl/α,β-unsaturated/α-hetero) is 1. The van der Waals surface area contributed by atoms with Gasteiger partial charge < -0.3 is 9.14 Å². The molecule has 0 unspecified atom stereocenters. The number of esters is 1. The number of carbonyl (C=O) groups excluding carboxylic acids is 2. The molecule has 4 aromatic rings. The van der Waals surface area contributed by atoms with Crippen LogP contribution in [0.15, 0.2) is 67.3 Å². The number of ether oxygens (including phenoxy) is 1. The maximum atomic E-state index is 12.6. The van der Waals surface area contributed by atoms with Crippen LogP contribution >= 0.6 is 0 Å². The third kappa shape index (κ3) is 9.04. The van der Waals surface area contributed by atoms with Crippen LogP contribution in [0, 0.1) is 0 Å². The number of imidazole rings is 1. The number of pyridine rings is 1. The van der Waals surface area contributed by atoms with Gasteiger partial charge in [-0.25, -0.2) is 9.78 Å². The summed E-state index contributed by atoms with van der Waals surface area (Å²) in [6, 6.07) is 11.8. The highest BCUT2D eigenvalue weighted by atomic mass is 16.5. The van der Waals surface area contributed by atoms with E-state index in [9.17, 15) is 9.59 Å². The highest BCUT2D eigenvalue weighted by Crippen LogP contribution is 2.40. The average molecular weight is 545 g/mol. The van der Waals surface area contributed by atoms with Crippen molar-refractivity contribution in [3.8, 4) is 0 Å². The number of hydrogen-bond donors (Lipinski definition) is 0. The minimum absolute atomic E-state index is 0.0351. The second-order valence-electron chi connectivity index (χ2n) is 8.56. The number of carbonyl (C=O) groups is 2. The van der Waals surface area contributed by atoms with Crippen molar-refractivity contribution in [2.45, 2.75) is 80.2 Å². The molecule has 0 aliphatic heterocycles. The van der Waals surface area contributed by atoms with E-state index in [-0.39, 0.29) is 11.8 Å². The SMILES string of the molecule is CC.CC.CC.CCOC(=O)/C=C\c1cc(C2CC2)cn2cc(Cn3cc(C(=O)Cc4ccccc4)cn3)nc12. The Morgan fingerprint density at radius 3 is 2.35 bits per heavy atom. The Morgan fingerprint density at radius 2 is 1.70 bits per heavy atom. The Balaban J connectivity index is 0.000000876. The van der Waals surface area contributed by atoms with Crippen molar-refractivity contribution >= 4 is 23.5 Å². The quantitative estimate of drug-likeness (QED) is 0.124. The molecule has 0 bridgehead atoms. The molecule has 1 aliphatic carbocycles. The Kier molecular flexibility index (Phi) is 13.6. The minimum Gasteiger partial charge on any atom is -0.463 e. The van der Waals surface area contributed by atoms with E-state index in [1.54, 1.807) is 30.1 Å². The van der Waals surface area contributed by atoms with Gasteiger partial charge in [-0.05, 0) is 49.0 Å². The molecule has 1 fully saturated rings. The zero-order valence-electron chi connectivity index (χ0n) is 25.1. The summed E-state index contributed by atoms with van der Waals surface area (Å²) in [5, 5.41) is 4.37. The van der Waals surface area contributed by atoms with Crippen molar-refractivity contribution in [1.82, 2.24) is 19.2 Å². The van der Waals surface area contributed by atoms with Crippen LogP contribution in [-0.2, 0) is 22.5 Å². The van der Waals surface area contributed by atoms with Gasteiger partial charge in [-0.1, -0.05) is 71.9 Å². The summed E-state index contributed by atoms with van der Waals surface area (Å²) in [4.78, 5) is 29.2. The van der Waals surface area contributed by atoms with E-state index in [1.807, 2.05) is 82.5 Å². The van der Waals surface area contributed by atoms with Gasteiger partial charge in [-0.3, -0.25) is 9.48 Å². The van der Waals surface area contributed by atoms with Crippen molar-refractivity contribution < 1.29 is 14.3 Å². The summed E-state index contributed by atoms with van der Waals surface area (Å²) in [5.41, 5.74) is 5.28. The number of fused-ring (bicyclic) bond motifs is 1. The molecule has 1 aliphatic rings. The lowest BCUT2D eigenvalue weighted by Crippen LogP contribution is -2.03. The smallest absolute Gasteiger partial charge is 0.330 e. The Hall–Kier alpha value is -4.00. The molecule has 7 nitrogen and oxygen atoms in total. The fourth-order valence-electron chi connectivity index (χ4n) is 4.03. The van der Waals surface area contributed by atoms with Crippen LogP contribution in [0.5, 0.6) is 0 Å². The van der Waals surface area contributed by atoms with Crippen LogP contribution in [0.1, 0.15) is 100.0 Å². The van der Waals surface area contributed by atoms with Gasteiger partial charge in [0.15, 0.2) is 5.78 Å². The minimum atomic E-state index is -0.367. The summed E-state index contributed by atoms with van der Waals surface area (Å²) < 4.78 is 8.76. The zero-order chi connectivity index (χ0) is 29.5. The first kappa shape index (κ1) is 32.2. The van der Waals surface area contributed by atoms with Gasteiger partial charge in [0.05, 0.1) is 30.6 Å². The standard InChI is InChI=1S/C27H26N4O3.3C2H6/c1-2-34-26(33)11-10-21-13-22(20-8-9-20)15-30-17-24(29-27(21)30)18-31-16-23(14-28-31)25(32)12-19-6-4-3-5-7-19;3*1-2/h3-7,10-11,13-17,20H,2,8-9,12,18H2,1H3;3*1-2H3/b11-10-;;;. The van der Waals surface area contributed by atoms with Crippen molar-refractivity contribution in [1.29, 1.82) is 0 Å². The fraction of sp³-hybridized carbons (Fsp3) is 0.394. The van der Waals surface area contributed by atoms with E-state index >= 15 is 0 Å². The molecule has 40 heavy (non-hydrogen) atoms. The van der Waals surface area contributed by atoms with Gasteiger partial charge in [0.2, 0.25) is 0 Å². The fourth-order valence-corrected chi connectivity index (χ4v) is 4.03. The van der Waals surface area contributed by atoms with Gasteiger partial charge >= 0.3 is 5.97 Å². The lowest BCUT2D eigenvalue weighted by Gasteiger charge is -2.04. The molecule has 3 heterocycles. The van der Waals surface area contributed by atoms with E-state index in [1.165, 1.54) is 24.5 Å². The molecule has 0 radical (unpaired) electrons. The first-order valence-electron chi connectivity index (χ1n) is 14.5. The number of benzene rings is 1. The van der Waals surface area contributed by atoms with Gasteiger partial charge in [-0.2, -0.15) is 5.10 Å². The highest BCUT2D eigenvalue weighted by Gasteiger charge is 2.25. The molecule has 0 atom stereocenters. The van der Waals surface area contributed by atoms with Crippen LogP contribution in [-0.4, -0.2) is 37.5 Å². The first-order valence-corrected chi connectivity index (χ1v) is 14.5. The lowest BCUT2D eigenvalue weighted by molar-refractivity contribution is -0.137. The Labute approximate surface area is 238 Å². The molecule has 7 heteroatoms. The summed E-state index contributed by atoms with van der Waals surface area (Å²) in [7, 11) is 0.